The van der Waals surface area contributed by atoms with E-state index in [-0.39, 0.29) is 24.6 Å². The van der Waals surface area contributed by atoms with Crippen LogP contribution in [0.1, 0.15) is 16.7 Å². The number of hydrogen-bond acceptors (Lipinski definition) is 4. The Balaban J connectivity index is 1.78. The molecule has 4 aromatic rings. The number of nitrogen functional groups attached to an aromatic ring is 1. The van der Waals surface area contributed by atoms with Gasteiger partial charge in [0.1, 0.15) is 5.82 Å². The summed E-state index contributed by atoms with van der Waals surface area (Å²) in [5.74, 6) is -0.509. The van der Waals surface area contributed by atoms with Gasteiger partial charge in [-0.2, -0.15) is 0 Å². The summed E-state index contributed by atoms with van der Waals surface area (Å²) in [5, 5.41) is 0. The van der Waals surface area contributed by atoms with Gasteiger partial charge in [-0.05, 0) is 22.8 Å². The average molecular weight is 453 g/mol. The van der Waals surface area contributed by atoms with Crippen molar-refractivity contribution in [1.29, 1.82) is 0 Å². The SMILES string of the molecule is Nc1c(N(Cc2ccccc2)C(=O)/C=C\c2ccccc2)c(=O)[nH]c(=O)n1Cc1ccccc1. The quantitative estimate of drug-likeness (QED) is 0.420. The maximum atomic E-state index is 13.3. The Hall–Kier alpha value is -4.65. The van der Waals surface area contributed by atoms with Crippen molar-refractivity contribution in [2.75, 3.05) is 10.6 Å². The van der Waals surface area contributed by atoms with Crippen molar-refractivity contribution < 1.29 is 4.79 Å². The normalized spacial score (nSPS) is 10.9. The molecular formula is C27H24N4O3. The van der Waals surface area contributed by atoms with Crippen LogP contribution in [-0.4, -0.2) is 15.5 Å². The molecule has 0 bridgehead atoms. The van der Waals surface area contributed by atoms with Gasteiger partial charge in [0, 0.05) is 6.08 Å². The number of anilines is 2. The molecular weight excluding hydrogens is 428 g/mol. The van der Waals surface area contributed by atoms with Gasteiger partial charge in [0.25, 0.3) is 11.5 Å². The number of benzene rings is 3. The fourth-order valence-electron chi connectivity index (χ4n) is 3.62. The van der Waals surface area contributed by atoms with E-state index in [4.69, 9.17) is 5.73 Å². The number of aromatic amines is 1. The molecule has 0 aliphatic rings. The van der Waals surface area contributed by atoms with Crippen LogP contribution in [0.25, 0.3) is 6.08 Å². The highest BCUT2D eigenvalue weighted by Gasteiger charge is 2.23. The van der Waals surface area contributed by atoms with Crippen molar-refractivity contribution in [2.24, 2.45) is 0 Å². The first-order valence-corrected chi connectivity index (χ1v) is 10.8. The summed E-state index contributed by atoms with van der Waals surface area (Å²) in [6.45, 7) is 0.262. The third-order valence-electron chi connectivity index (χ3n) is 5.34. The van der Waals surface area contributed by atoms with Crippen molar-refractivity contribution in [3.05, 3.63) is 135 Å². The fraction of sp³-hybridized carbons (Fsp3) is 0.0741. The number of nitrogens with two attached hydrogens (primary N) is 1. The van der Waals surface area contributed by atoms with Gasteiger partial charge in [-0.15, -0.1) is 0 Å². The highest BCUT2D eigenvalue weighted by Crippen LogP contribution is 2.21. The smallest absolute Gasteiger partial charge is 0.330 e. The zero-order valence-electron chi connectivity index (χ0n) is 18.4. The third-order valence-corrected chi connectivity index (χ3v) is 5.34. The topological polar surface area (TPSA) is 101 Å². The summed E-state index contributed by atoms with van der Waals surface area (Å²) in [6.07, 6.45) is 3.06. The Bertz CT molecular complexity index is 1410. The number of hydrogen-bond donors (Lipinski definition) is 2. The summed E-state index contributed by atoms with van der Waals surface area (Å²) < 4.78 is 1.26. The van der Waals surface area contributed by atoms with Crippen molar-refractivity contribution >= 4 is 23.5 Å². The van der Waals surface area contributed by atoms with Crippen molar-refractivity contribution in [2.45, 2.75) is 13.1 Å². The first-order chi connectivity index (χ1) is 16.5. The van der Waals surface area contributed by atoms with Gasteiger partial charge in [0.2, 0.25) is 0 Å². The van der Waals surface area contributed by atoms with Crippen LogP contribution in [0.15, 0.2) is 107 Å². The molecule has 1 heterocycles. The zero-order chi connectivity index (χ0) is 23.9. The van der Waals surface area contributed by atoms with Crippen LogP contribution in [0.2, 0.25) is 0 Å². The van der Waals surface area contributed by atoms with E-state index < -0.39 is 17.2 Å². The predicted octanol–water partition coefficient (Wildman–Crippen LogP) is 3.41. The Morgan fingerprint density at radius 1 is 0.853 bits per heavy atom. The maximum absolute atomic E-state index is 13.3. The van der Waals surface area contributed by atoms with Crippen LogP contribution in [0.5, 0.6) is 0 Å². The summed E-state index contributed by atoms with van der Waals surface area (Å²) in [4.78, 5) is 42.4. The Morgan fingerprint density at radius 2 is 1.41 bits per heavy atom. The summed E-state index contributed by atoms with van der Waals surface area (Å²) >= 11 is 0. The molecule has 0 saturated heterocycles. The molecule has 0 spiro atoms. The van der Waals surface area contributed by atoms with Crippen molar-refractivity contribution in [1.82, 2.24) is 9.55 Å². The highest BCUT2D eigenvalue weighted by atomic mass is 16.2. The summed E-state index contributed by atoms with van der Waals surface area (Å²) in [6, 6.07) is 27.9. The molecule has 170 valence electrons. The number of carbonyl (C=O) groups excluding carboxylic acids is 1. The van der Waals surface area contributed by atoms with Crippen LogP contribution in [0.4, 0.5) is 11.5 Å². The second-order valence-electron chi connectivity index (χ2n) is 7.72. The highest BCUT2D eigenvalue weighted by molar-refractivity contribution is 6.05. The summed E-state index contributed by atoms with van der Waals surface area (Å²) in [7, 11) is 0. The lowest BCUT2D eigenvalue weighted by atomic mass is 10.2. The molecule has 0 aliphatic heterocycles. The number of carbonyl (C=O) groups is 1. The van der Waals surface area contributed by atoms with E-state index in [9.17, 15) is 14.4 Å². The Kier molecular flexibility index (Phi) is 6.84. The minimum atomic E-state index is -0.718. The largest absolute Gasteiger partial charge is 0.383 e. The predicted molar refractivity (Wildman–Crippen MR) is 134 cm³/mol. The maximum Gasteiger partial charge on any atom is 0.330 e. The third kappa shape index (κ3) is 5.21. The lowest BCUT2D eigenvalue weighted by Gasteiger charge is -2.23. The molecule has 7 nitrogen and oxygen atoms in total. The second-order valence-corrected chi connectivity index (χ2v) is 7.72. The number of nitrogens with zero attached hydrogens (tertiary/aromatic N) is 2. The van der Waals surface area contributed by atoms with Gasteiger partial charge in [0.15, 0.2) is 5.69 Å². The minimum Gasteiger partial charge on any atom is -0.383 e. The Labute approximate surface area is 196 Å². The first kappa shape index (κ1) is 22.5. The van der Waals surface area contributed by atoms with Gasteiger partial charge < -0.3 is 5.73 Å². The number of aromatic nitrogens is 2. The first-order valence-electron chi connectivity index (χ1n) is 10.8. The zero-order valence-corrected chi connectivity index (χ0v) is 18.4. The number of rotatable bonds is 7. The molecule has 0 fully saturated rings. The van der Waals surface area contributed by atoms with Gasteiger partial charge in [-0.3, -0.25) is 24.0 Å². The average Bonchev–Trinajstić information content (AvgIpc) is 2.86. The lowest BCUT2D eigenvalue weighted by Crippen LogP contribution is -2.40. The molecule has 4 rings (SSSR count). The molecule has 3 N–H and O–H groups in total. The van der Waals surface area contributed by atoms with Crippen LogP contribution in [-0.2, 0) is 17.9 Å². The van der Waals surface area contributed by atoms with E-state index in [0.29, 0.717) is 0 Å². The van der Waals surface area contributed by atoms with Crippen LogP contribution >= 0.6 is 0 Å². The molecule has 34 heavy (non-hydrogen) atoms. The Morgan fingerprint density at radius 3 is 2.03 bits per heavy atom. The number of nitrogens with one attached hydrogen (secondary N) is 1. The molecule has 0 atom stereocenters. The van der Waals surface area contributed by atoms with E-state index in [2.05, 4.69) is 4.98 Å². The second kappa shape index (κ2) is 10.3. The van der Waals surface area contributed by atoms with Gasteiger partial charge >= 0.3 is 5.69 Å². The molecule has 7 heteroatoms. The molecule has 0 aliphatic carbocycles. The number of H-pyrrole nitrogens is 1. The van der Waals surface area contributed by atoms with E-state index in [1.54, 1.807) is 6.08 Å². The molecule has 0 radical (unpaired) electrons. The van der Waals surface area contributed by atoms with Crippen LogP contribution in [0, 0.1) is 0 Å². The molecule has 0 saturated carbocycles. The molecule has 0 unspecified atom stereocenters. The van der Waals surface area contributed by atoms with Crippen LogP contribution in [0.3, 0.4) is 0 Å². The summed E-state index contributed by atoms with van der Waals surface area (Å²) in [5.41, 5.74) is 7.42. The van der Waals surface area contributed by atoms with E-state index in [1.807, 2.05) is 91.0 Å². The van der Waals surface area contributed by atoms with Gasteiger partial charge in [-0.25, -0.2) is 4.79 Å². The van der Waals surface area contributed by atoms with E-state index in [0.717, 1.165) is 16.7 Å². The van der Waals surface area contributed by atoms with Crippen LogP contribution < -0.4 is 21.9 Å². The molecule has 1 aromatic heterocycles. The molecule has 1 amide bonds. The van der Waals surface area contributed by atoms with E-state index in [1.165, 1.54) is 15.5 Å². The van der Waals surface area contributed by atoms with Crippen molar-refractivity contribution in [3.63, 3.8) is 0 Å². The standard InChI is InChI=1S/C27H24N4O3/c28-25-24(26(33)29-27(34)31(25)19-22-14-8-3-9-15-22)30(18-21-12-6-2-7-13-21)23(32)17-16-20-10-4-1-5-11-20/h1-17H,18-19,28H2,(H,29,33,34)/b17-16-. The lowest BCUT2D eigenvalue weighted by molar-refractivity contribution is -0.114. The monoisotopic (exact) mass is 452 g/mol. The van der Waals surface area contributed by atoms with Gasteiger partial charge in [0.05, 0.1) is 13.1 Å². The fourth-order valence-corrected chi connectivity index (χ4v) is 3.62. The molecule has 3 aromatic carbocycles. The van der Waals surface area contributed by atoms with Crippen molar-refractivity contribution in [3.8, 4) is 0 Å². The van der Waals surface area contributed by atoms with E-state index >= 15 is 0 Å². The van der Waals surface area contributed by atoms with Gasteiger partial charge in [-0.1, -0.05) is 91.0 Å². The number of amides is 1. The minimum absolute atomic E-state index is 0.0675.